The Morgan fingerprint density at radius 3 is 1.68 bits per heavy atom. The van der Waals surface area contributed by atoms with Crippen molar-refractivity contribution in [2.45, 2.75) is 0 Å². The highest BCUT2D eigenvalue weighted by atomic mass is 32.1. The topological polar surface area (TPSA) is 43.6 Å². The van der Waals surface area contributed by atoms with E-state index in [9.17, 15) is 0 Å². The van der Waals surface area contributed by atoms with Crippen molar-refractivity contribution < 1.29 is 0 Å². The molecule has 12 rings (SSSR count). The van der Waals surface area contributed by atoms with Crippen LogP contribution in [0.5, 0.6) is 0 Å². The normalized spacial score (nSPS) is 11.7. The molecule has 0 saturated heterocycles. The highest BCUT2D eigenvalue weighted by Crippen LogP contribution is 2.48. The van der Waals surface area contributed by atoms with Crippen LogP contribution >= 0.6 is 22.7 Å². The maximum atomic E-state index is 5.31. The Labute approximate surface area is 348 Å². The molecule has 0 aliphatic carbocycles. The molecule has 0 spiro atoms. The molecule has 276 valence electrons. The van der Waals surface area contributed by atoms with E-state index >= 15 is 0 Å². The fraction of sp³-hybridized carbons (Fsp3) is 0. The Morgan fingerprint density at radius 2 is 0.915 bits per heavy atom. The number of hydrogen-bond donors (Lipinski definition) is 0. The smallest absolute Gasteiger partial charge is 0.164 e. The standard InChI is InChI=1S/C53H32N4S2/c1-4-15-33(16-5-1)36-21-14-22-38(31-36)52-54-51(35-19-8-3-9-20-35)55-53(56-52)41-28-29-44(50-47(41)40-24-11-13-26-45(40)59-50)57-43-25-12-10-23-39(43)49-48(57)42-32-37(27-30-46(42)58-49)34-17-6-2-7-18-34/h1-32H. The molecule has 0 fully saturated rings. The Balaban J connectivity index is 1.13. The molecule has 0 saturated carbocycles. The molecule has 12 aromatic rings. The maximum absolute atomic E-state index is 5.31. The van der Waals surface area contributed by atoms with Crippen LogP contribution < -0.4 is 0 Å². The minimum atomic E-state index is 0.639. The van der Waals surface area contributed by atoms with Gasteiger partial charge in [0.15, 0.2) is 17.5 Å². The van der Waals surface area contributed by atoms with Gasteiger partial charge in [0.2, 0.25) is 0 Å². The third-order valence-electron chi connectivity index (χ3n) is 11.3. The molecule has 4 aromatic heterocycles. The molecule has 4 nitrogen and oxygen atoms in total. The van der Waals surface area contributed by atoms with Crippen molar-refractivity contribution in [1.29, 1.82) is 0 Å². The quantitative estimate of drug-likeness (QED) is 0.169. The van der Waals surface area contributed by atoms with E-state index in [1.807, 2.05) is 46.9 Å². The molecule has 59 heavy (non-hydrogen) atoms. The number of rotatable bonds is 6. The highest BCUT2D eigenvalue weighted by molar-refractivity contribution is 7.27. The highest BCUT2D eigenvalue weighted by Gasteiger charge is 2.24. The number of hydrogen-bond acceptors (Lipinski definition) is 5. The predicted molar refractivity (Wildman–Crippen MR) is 250 cm³/mol. The van der Waals surface area contributed by atoms with Crippen molar-refractivity contribution in [1.82, 2.24) is 19.5 Å². The second kappa shape index (κ2) is 13.7. The Bertz CT molecular complexity index is 3550. The Kier molecular flexibility index (Phi) is 7.86. The van der Waals surface area contributed by atoms with Crippen molar-refractivity contribution in [2.75, 3.05) is 0 Å². The van der Waals surface area contributed by atoms with E-state index in [-0.39, 0.29) is 0 Å². The zero-order chi connectivity index (χ0) is 38.9. The minimum Gasteiger partial charge on any atom is -0.306 e. The van der Waals surface area contributed by atoms with Crippen LogP contribution in [0.25, 0.3) is 113 Å². The maximum Gasteiger partial charge on any atom is 0.164 e. The zero-order valence-corrected chi connectivity index (χ0v) is 33.2. The predicted octanol–water partition coefficient (Wildman–Crippen LogP) is 14.9. The summed E-state index contributed by atoms with van der Waals surface area (Å²) in [5, 5.41) is 4.85. The molecule has 0 N–H and O–H groups in total. The first-order chi connectivity index (χ1) is 29.2. The molecule has 8 aromatic carbocycles. The van der Waals surface area contributed by atoms with Crippen LogP contribution in [0.2, 0.25) is 0 Å². The molecule has 0 atom stereocenters. The monoisotopic (exact) mass is 788 g/mol. The number of nitrogens with zero attached hydrogens (tertiary/aromatic N) is 4. The second-order valence-electron chi connectivity index (χ2n) is 14.8. The first kappa shape index (κ1) is 33.8. The van der Waals surface area contributed by atoms with Gasteiger partial charge in [-0.05, 0) is 64.7 Å². The van der Waals surface area contributed by atoms with Crippen LogP contribution in [0, 0.1) is 0 Å². The summed E-state index contributed by atoms with van der Waals surface area (Å²) < 4.78 is 7.49. The van der Waals surface area contributed by atoms with Gasteiger partial charge in [-0.15, -0.1) is 22.7 Å². The Morgan fingerprint density at radius 1 is 0.356 bits per heavy atom. The third kappa shape index (κ3) is 5.60. The van der Waals surface area contributed by atoms with E-state index in [4.69, 9.17) is 15.0 Å². The van der Waals surface area contributed by atoms with E-state index in [1.54, 1.807) is 0 Å². The first-order valence-corrected chi connectivity index (χ1v) is 21.3. The molecular weight excluding hydrogens is 757 g/mol. The van der Waals surface area contributed by atoms with Crippen molar-refractivity contribution in [2.24, 2.45) is 0 Å². The van der Waals surface area contributed by atoms with Gasteiger partial charge >= 0.3 is 0 Å². The molecular formula is C53H32N4S2. The van der Waals surface area contributed by atoms with E-state index < -0.39 is 0 Å². The molecule has 0 aliphatic rings. The van der Waals surface area contributed by atoms with Crippen molar-refractivity contribution in [3.63, 3.8) is 0 Å². The van der Waals surface area contributed by atoms with Crippen LogP contribution in [-0.2, 0) is 0 Å². The van der Waals surface area contributed by atoms with Gasteiger partial charge in [-0.3, -0.25) is 0 Å². The molecule has 6 heteroatoms. The van der Waals surface area contributed by atoms with E-state index in [2.05, 4.69) is 174 Å². The lowest BCUT2D eigenvalue weighted by molar-refractivity contribution is 1.08. The minimum absolute atomic E-state index is 0.639. The van der Waals surface area contributed by atoms with Gasteiger partial charge in [0.1, 0.15) is 0 Å². The third-order valence-corrected chi connectivity index (χ3v) is 13.7. The number of para-hydroxylation sites is 1. The van der Waals surface area contributed by atoms with Crippen molar-refractivity contribution in [3.05, 3.63) is 194 Å². The summed E-state index contributed by atoms with van der Waals surface area (Å²) in [5.74, 6) is 1.93. The summed E-state index contributed by atoms with van der Waals surface area (Å²) in [6, 6.07) is 68.9. The summed E-state index contributed by atoms with van der Waals surface area (Å²) >= 11 is 3.71. The molecule has 0 aliphatic heterocycles. The van der Waals surface area contributed by atoms with E-state index in [1.165, 1.54) is 57.1 Å². The number of benzene rings is 8. The van der Waals surface area contributed by atoms with Crippen LogP contribution in [0.1, 0.15) is 0 Å². The molecule has 0 radical (unpaired) electrons. The number of aromatic nitrogens is 4. The van der Waals surface area contributed by atoms with Crippen LogP contribution in [0.4, 0.5) is 0 Å². The molecule has 4 heterocycles. The van der Waals surface area contributed by atoms with Crippen LogP contribution in [-0.4, -0.2) is 19.5 Å². The van der Waals surface area contributed by atoms with Gasteiger partial charge in [0, 0.05) is 47.6 Å². The van der Waals surface area contributed by atoms with E-state index in [0.717, 1.165) is 38.9 Å². The number of fused-ring (bicyclic) bond motifs is 8. The average molecular weight is 789 g/mol. The average Bonchev–Trinajstić information content (AvgIpc) is 3.99. The lowest BCUT2D eigenvalue weighted by Crippen LogP contribution is -2.01. The largest absolute Gasteiger partial charge is 0.306 e. The van der Waals surface area contributed by atoms with Gasteiger partial charge in [-0.2, -0.15) is 0 Å². The summed E-state index contributed by atoms with van der Waals surface area (Å²) in [6.07, 6.45) is 0. The van der Waals surface area contributed by atoms with Crippen molar-refractivity contribution in [3.8, 4) is 62.1 Å². The van der Waals surface area contributed by atoms with Gasteiger partial charge in [-0.1, -0.05) is 152 Å². The van der Waals surface area contributed by atoms with Crippen LogP contribution in [0.15, 0.2) is 194 Å². The zero-order valence-electron chi connectivity index (χ0n) is 31.6. The molecule has 0 amide bonds. The van der Waals surface area contributed by atoms with Crippen LogP contribution in [0.3, 0.4) is 0 Å². The summed E-state index contributed by atoms with van der Waals surface area (Å²) in [6.45, 7) is 0. The summed E-state index contributed by atoms with van der Waals surface area (Å²) in [7, 11) is 0. The summed E-state index contributed by atoms with van der Waals surface area (Å²) in [5.41, 5.74) is 11.1. The molecule has 0 unspecified atom stereocenters. The summed E-state index contributed by atoms with van der Waals surface area (Å²) in [4.78, 5) is 15.7. The molecule has 0 bridgehead atoms. The first-order valence-electron chi connectivity index (χ1n) is 19.7. The SMILES string of the molecule is c1ccc(-c2cccc(-c3nc(-c4ccccc4)nc(-c4ccc(-n5c6ccccc6c6sc7ccc(-c8ccccc8)cc7c65)c5sc6ccccc6c45)n3)c2)cc1. The lowest BCUT2D eigenvalue weighted by Gasteiger charge is -2.14. The van der Waals surface area contributed by atoms with Gasteiger partial charge in [0.25, 0.3) is 0 Å². The number of thiophene rings is 2. The van der Waals surface area contributed by atoms with Gasteiger partial charge < -0.3 is 4.57 Å². The van der Waals surface area contributed by atoms with E-state index in [0.29, 0.717) is 17.5 Å². The van der Waals surface area contributed by atoms with Gasteiger partial charge in [0.05, 0.1) is 26.1 Å². The second-order valence-corrected chi connectivity index (χ2v) is 16.9. The lowest BCUT2D eigenvalue weighted by atomic mass is 10.0. The fourth-order valence-electron chi connectivity index (χ4n) is 8.52. The van der Waals surface area contributed by atoms with Crippen molar-refractivity contribution >= 4 is 74.1 Å². The fourth-order valence-corrected chi connectivity index (χ4v) is 11.0. The Hall–Kier alpha value is -7.25. The van der Waals surface area contributed by atoms with Gasteiger partial charge in [-0.25, -0.2) is 15.0 Å².